The Morgan fingerprint density at radius 2 is 2.05 bits per heavy atom. The van der Waals surface area contributed by atoms with Crippen LogP contribution in [0.3, 0.4) is 0 Å². The average Bonchev–Trinajstić information content (AvgIpc) is 2.94. The Morgan fingerprint density at radius 3 is 2.63 bits per heavy atom. The molecule has 0 fully saturated rings. The number of hydrogen-bond donors (Lipinski definition) is 1. The molecule has 4 heteroatoms. The van der Waals surface area contributed by atoms with Crippen molar-refractivity contribution in [3.05, 3.63) is 58.3 Å². The van der Waals surface area contributed by atoms with Crippen molar-refractivity contribution >= 4 is 17.2 Å². The highest BCUT2D eigenvalue weighted by Crippen LogP contribution is 2.22. The zero-order valence-corrected chi connectivity index (χ0v) is 11.9. The number of hydrogen-bond acceptors (Lipinski definition) is 3. The molecule has 0 bridgehead atoms. The first kappa shape index (κ1) is 13.8. The molecule has 1 N–H and O–H groups in total. The van der Waals surface area contributed by atoms with Gasteiger partial charge in [0.1, 0.15) is 0 Å². The molecule has 1 heterocycles. The molecule has 100 valence electrons. The van der Waals surface area contributed by atoms with Gasteiger partial charge in [-0.2, -0.15) is 11.3 Å². The predicted octanol–water partition coefficient (Wildman–Crippen LogP) is 3.04. The highest BCUT2D eigenvalue weighted by molar-refractivity contribution is 7.08. The van der Waals surface area contributed by atoms with Crippen molar-refractivity contribution < 1.29 is 9.53 Å². The first-order valence-corrected chi connectivity index (χ1v) is 6.99. The number of carbonyl (C=O) groups is 1. The molecule has 0 aliphatic rings. The molecule has 0 radical (unpaired) electrons. The van der Waals surface area contributed by atoms with Crippen molar-refractivity contribution in [2.45, 2.75) is 12.5 Å². The maximum atomic E-state index is 12.2. The molecule has 3 nitrogen and oxygen atoms in total. The van der Waals surface area contributed by atoms with E-state index in [9.17, 15) is 4.79 Å². The Hall–Kier alpha value is -1.65. The van der Waals surface area contributed by atoms with Crippen LogP contribution in [-0.2, 0) is 10.3 Å². The number of benzene rings is 1. The zero-order chi connectivity index (χ0) is 13.7. The lowest BCUT2D eigenvalue weighted by molar-refractivity contribution is 0.0786. The Labute approximate surface area is 117 Å². The molecular formula is C15H17NO2S. The largest absolute Gasteiger partial charge is 0.382 e. The average molecular weight is 275 g/mol. The lowest BCUT2D eigenvalue weighted by Gasteiger charge is -2.30. The van der Waals surface area contributed by atoms with Crippen LogP contribution in [-0.4, -0.2) is 19.6 Å². The van der Waals surface area contributed by atoms with Crippen LogP contribution < -0.4 is 5.32 Å². The number of thiophene rings is 1. The van der Waals surface area contributed by atoms with Gasteiger partial charge in [0.2, 0.25) is 0 Å². The van der Waals surface area contributed by atoms with Gasteiger partial charge in [0, 0.05) is 12.5 Å². The molecule has 0 aliphatic heterocycles. The lowest BCUT2D eigenvalue weighted by Crippen LogP contribution is -2.46. The molecule has 1 atom stereocenters. The number of rotatable bonds is 5. The first-order valence-electron chi connectivity index (χ1n) is 6.05. The van der Waals surface area contributed by atoms with E-state index in [1.165, 1.54) is 11.3 Å². The summed E-state index contributed by atoms with van der Waals surface area (Å²) in [4.78, 5) is 12.2. The number of amides is 1. The van der Waals surface area contributed by atoms with Crippen LogP contribution in [0.2, 0.25) is 0 Å². The summed E-state index contributed by atoms with van der Waals surface area (Å²) in [6.07, 6.45) is 0. The van der Waals surface area contributed by atoms with Crippen LogP contribution in [0, 0.1) is 0 Å². The quantitative estimate of drug-likeness (QED) is 0.911. The van der Waals surface area contributed by atoms with E-state index in [0.717, 1.165) is 5.56 Å². The minimum absolute atomic E-state index is 0.0790. The van der Waals surface area contributed by atoms with E-state index < -0.39 is 5.54 Å². The second-order valence-electron chi connectivity index (χ2n) is 4.60. The third-order valence-corrected chi connectivity index (χ3v) is 3.70. The fourth-order valence-electron chi connectivity index (χ4n) is 2.00. The molecule has 1 unspecified atom stereocenters. The number of ether oxygens (including phenoxy) is 1. The SMILES string of the molecule is COCC(C)(NC(=O)c1ccsc1)c1ccccc1. The van der Waals surface area contributed by atoms with E-state index in [4.69, 9.17) is 4.74 Å². The smallest absolute Gasteiger partial charge is 0.252 e. The van der Waals surface area contributed by atoms with E-state index >= 15 is 0 Å². The summed E-state index contributed by atoms with van der Waals surface area (Å²) >= 11 is 1.51. The van der Waals surface area contributed by atoms with Crippen LogP contribution >= 0.6 is 11.3 Å². The second kappa shape index (κ2) is 5.99. The van der Waals surface area contributed by atoms with Crippen LogP contribution in [0.4, 0.5) is 0 Å². The van der Waals surface area contributed by atoms with Gasteiger partial charge in [-0.3, -0.25) is 4.79 Å². The molecule has 1 aromatic carbocycles. The van der Waals surface area contributed by atoms with E-state index in [2.05, 4.69) is 5.32 Å². The molecule has 0 aliphatic carbocycles. The van der Waals surface area contributed by atoms with Crippen molar-refractivity contribution in [1.82, 2.24) is 5.32 Å². The minimum Gasteiger partial charge on any atom is -0.382 e. The zero-order valence-electron chi connectivity index (χ0n) is 11.1. The van der Waals surface area contributed by atoms with E-state index in [1.807, 2.05) is 54.1 Å². The van der Waals surface area contributed by atoms with Gasteiger partial charge in [0.25, 0.3) is 5.91 Å². The molecule has 0 spiro atoms. The van der Waals surface area contributed by atoms with Crippen LogP contribution in [0.15, 0.2) is 47.2 Å². The molecule has 19 heavy (non-hydrogen) atoms. The summed E-state index contributed by atoms with van der Waals surface area (Å²) in [5.41, 5.74) is 1.18. The van der Waals surface area contributed by atoms with Gasteiger partial charge in [-0.25, -0.2) is 0 Å². The highest BCUT2D eigenvalue weighted by Gasteiger charge is 2.29. The molecule has 2 aromatic rings. The van der Waals surface area contributed by atoms with Gasteiger partial charge in [-0.1, -0.05) is 30.3 Å². The standard InChI is InChI=1S/C15H17NO2S/c1-15(11-18-2,13-6-4-3-5-7-13)16-14(17)12-8-9-19-10-12/h3-10H,11H2,1-2H3,(H,16,17). The predicted molar refractivity (Wildman–Crippen MR) is 77.5 cm³/mol. The first-order chi connectivity index (χ1) is 9.15. The number of nitrogens with one attached hydrogen (secondary N) is 1. The van der Waals surface area contributed by atoms with E-state index in [0.29, 0.717) is 12.2 Å². The topological polar surface area (TPSA) is 38.3 Å². The van der Waals surface area contributed by atoms with E-state index in [-0.39, 0.29) is 5.91 Å². The summed E-state index contributed by atoms with van der Waals surface area (Å²) in [6.45, 7) is 2.39. The summed E-state index contributed by atoms with van der Waals surface area (Å²) in [5.74, 6) is -0.0790. The van der Waals surface area contributed by atoms with Crippen molar-refractivity contribution in [3.8, 4) is 0 Å². The molecule has 0 saturated heterocycles. The van der Waals surface area contributed by atoms with Crippen molar-refractivity contribution in [2.75, 3.05) is 13.7 Å². The summed E-state index contributed by atoms with van der Waals surface area (Å²) < 4.78 is 5.27. The van der Waals surface area contributed by atoms with Gasteiger partial charge in [0.15, 0.2) is 0 Å². The van der Waals surface area contributed by atoms with Gasteiger partial charge in [-0.05, 0) is 23.9 Å². The Morgan fingerprint density at radius 1 is 1.32 bits per heavy atom. The van der Waals surface area contributed by atoms with Gasteiger partial charge >= 0.3 is 0 Å². The molecule has 0 saturated carbocycles. The normalized spacial score (nSPS) is 13.8. The molecular weight excluding hydrogens is 258 g/mol. The van der Waals surface area contributed by atoms with Crippen molar-refractivity contribution in [2.24, 2.45) is 0 Å². The summed E-state index contributed by atoms with van der Waals surface area (Å²) in [5, 5.41) is 6.79. The van der Waals surface area contributed by atoms with Crippen molar-refractivity contribution in [3.63, 3.8) is 0 Å². The van der Waals surface area contributed by atoms with Crippen LogP contribution in [0.25, 0.3) is 0 Å². The maximum absolute atomic E-state index is 12.2. The lowest BCUT2D eigenvalue weighted by atomic mass is 9.92. The van der Waals surface area contributed by atoms with Crippen LogP contribution in [0.5, 0.6) is 0 Å². The monoisotopic (exact) mass is 275 g/mol. The van der Waals surface area contributed by atoms with Gasteiger partial charge < -0.3 is 10.1 Å². The number of carbonyl (C=O) groups excluding carboxylic acids is 1. The van der Waals surface area contributed by atoms with E-state index in [1.54, 1.807) is 7.11 Å². The Balaban J connectivity index is 2.23. The molecule has 1 amide bonds. The Kier molecular flexibility index (Phi) is 4.35. The molecule has 2 rings (SSSR count). The molecule has 1 aromatic heterocycles. The minimum atomic E-state index is -0.533. The Bertz CT molecular complexity index is 524. The summed E-state index contributed by atoms with van der Waals surface area (Å²) in [6, 6.07) is 11.7. The second-order valence-corrected chi connectivity index (χ2v) is 5.38. The third kappa shape index (κ3) is 3.22. The van der Waals surface area contributed by atoms with Crippen LogP contribution in [0.1, 0.15) is 22.8 Å². The highest BCUT2D eigenvalue weighted by atomic mass is 32.1. The fourth-order valence-corrected chi connectivity index (χ4v) is 2.64. The van der Waals surface area contributed by atoms with Crippen molar-refractivity contribution in [1.29, 1.82) is 0 Å². The third-order valence-electron chi connectivity index (χ3n) is 3.02. The maximum Gasteiger partial charge on any atom is 0.252 e. The summed E-state index contributed by atoms with van der Waals surface area (Å²) in [7, 11) is 1.64. The number of methoxy groups -OCH3 is 1. The van der Waals surface area contributed by atoms with Gasteiger partial charge in [-0.15, -0.1) is 0 Å². The fraction of sp³-hybridized carbons (Fsp3) is 0.267. The van der Waals surface area contributed by atoms with Gasteiger partial charge in [0.05, 0.1) is 17.7 Å².